The number of hydrogen-bond donors (Lipinski definition) is 0. The Hall–Kier alpha value is -1.57. The highest BCUT2D eigenvalue weighted by Crippen LogP contribution is 2.31. The van der Waals surface area contributed by atoms with Gasteiger partial charge in [-0.2, -0.15) is 0 Å². The number of carbonyl (C=O) groups is 1. The molecular weight excluding hydrogens is 260 g/mol. The third-order valence-corrected chi connectivity index (χ3v) is 4.07. The van der Waals surface area contributed by atoms with E-state index in [4.69, 9.17) is 4.74 Å². The Morgan fingerprint density at radius 2 is 1.90 bits per heavy atom. The van der Waals surface area contributed by atoms with E-state index in [0.29, 0.717) is 5.78 Å². The van der Waals surface area contributed by atoms with Crippen LogP contribution in [0.15, 0.2) is 30.3 Å². The Bertz CT molecular complexity index is 485. The van der Waals surface area contributed by atoms with Crippen LogP contribution in [0.5, 0.6) is 5.75 Å². The highest BCUT2D eigenvalue weighted by molar-refractivity contribution is 6.22. The molecule has 114 valence electrons. The fraction of sp³-hybridized carbons (Fsp3) is 0.526. The zero-order valence-electron chi connectivity index (χ0n) is 13.2. The zero-order valence-corrected chi connectivity index (χ0v) is 13.2. The molecule has 0 aromatic heterocycles. The van der Waals surface area contributed by atoms with Crippen LogP contribution in [0.4, 0.5) is 0 Å². The summed E-state index contributed by atoms with van der Waals surface area (Å²) in [6.07, 6.45) is 8.42. The first-order chi connectivity index (χ1) is 10.3. The third-order valence-electron chi connectivity index (χ3n) is 4.07. The molecule has 0 amide bonds. The number of Topliss-reactive ketones (excluding diaryl/α,β-unsaturated/α-hetero) is 1. The molecule has 0 heterocycles. The van der Waals surface area contributed by atoms with Crippen LogP contribution < -0.4 is 4.74 Å². The second-order valence-corrected chi connectivity index (χ2v) is 5.77. The lowest BCUT2D eigenvalue weighted by Gasteiger charge is -2.21. The summed E-state index contributed by atoms with van der Waals surface area (Å²) >= 11 is 0. The van der Waals surface area contributed by atoms with Crippen LogP contribution in [0.1, 0.15) is 57.9 Å². The first kappa shape index (κ1) is 15.8. The summed E-state index contributed by atoms with van der Waals surface area (Å²) in [6, 6.07) is 7.98. The molecule has 0 N–H and O–H groups in total. The molecule has 1 aliphatic rings. The minimum Gasteiger partial charge on any atom is -0.494 e. The van der Waals surface area contributed by atoms with E-state index in [0.717, 1.165) is 62.0 Å². The first-order valence-corrected chi connectivity index (χ1v) is 8.23. The van der Waals surface area contributed by atoms with Gasteiger partial charge in [0.1, 0.15) is 5.75 Å². The Morgan fingerprint density at radius 1 is 1.14 bits per heavy atom. The summed E-state index contributed by atoms with van der Waals surface area (Å²) in [4.78, 5) is 12.5. The van der Waals surface area contributed by atoms with Crippen molar-refractivity contribution in [3.63, 3.8) is 0 Å². The molecule has 0 aliphatic heterocycles. The molecule has 1 atom stereocenters. The van der Waals surface area contributed by atoms with Crippen molar-refractivity contribution in [2.24, 2.45) is 5.92 Å². The topological polar surface area (TPSA) is 26.3 Å². The van der Waals surface area contributed by atoms with Crippen molar-refractivity contribution in [2.45, 2.75) is 52.4 Å². The maximum Gasteiger partial charge on any atom is 0.166 e. The number of hydrogen-bond acceptors (Lipinski definition) is 2. The van der Waals surface area contributed by atoms with E-state index in [1.165, 1.54) is 0 Å². The number of benzene rings is 1. The molecule has 2 rings (SSSR count). The Kier molecular flexibility index (Phi) is 6.04. The third kappa shape index (κ3) is 4.20. The van der Waals surface area contributed by atoms with Crippen LogP contribution in [-0.2, 0) is 4.79 Å². The van der Waals surface area contributed by atoms with Crippen molar-refractivity contribution in [3.05, 3.63) is 35.9 Å². The predicted molar refractivity (Wildman–Crippen MR) is 87.5 cm³/mol. The lowest BCUT2D eigenvalue weighted by Crippen LogP contribution is -2.19. The molecule has 1 aliphatic carbocycles. The molecule has 0 spiro atoms. The number of ether oxygens (including phenoxy) is 1. The zero-order chi connectivity index (χ0) is 15.1. The van der Waals surface area contributed by atoms with Gasteiger partial charge in [-0.1, -0.05) is 44.9 Å². The van der Waals surface area contributed by atoms with Gasteiger partial charge in [0.05, 0.1) is 6.61 Å². The van der Waals surface area contributed by atoms with E-state index < -0.39 is 0 Å². The molecule has 0 saturated carbocycles. The van der Waals surface area contributed by atoms with E-state index >= 15 is 0 Å². The van der Waals surface area contributed by atoms with Gasteiger partial charge in [-0.25, -0.2) is 0 Å². The molecule has 1 aromatic carbocycles. The molecule has 0 radical (unpaired) electrons. The SMILES string of the molecule is CCCCOc1ccc(C2=CCCC(CCC)C2=O)cc1. The first-order valence-electron chi connectivity index (χ1n) is 8.23. The van der Waals surface area contributed by atoms with Crippen molar-refractivity contribution >= 4 is 11.4 Å². The molecule has 0 bridgehead atoms. The number of rotatable bonds is 7. The van der Waals surface area contributed by atoms with Gasteiger partial charge in [-0.15, -0.1) is 0 Å². The molecule has 2 nitrogen and oxygen atoms in total. The quantitative estimate of drug-likeness (QED) is 0.657. The molecule has 0 fully saturated rings. The van der Waals surface area contributed by atoms with Gasteiger partial charge in [0.2, 0.25) is 0 Å². The average molecular weight is 286 g/mol. The van der Waals surface area contributed by atoms with Gasteiger partial charge in [0, 0.05) is 11.5 Å². The average Bonchev–Trinajstić information content (AvgIpc) is 2.51. The lowest BCUT2D eigenvalue weighted by atomic mass is 9.82. The minimum atomic E-state index is 0.218. The summed E-state index contributed by atoms with van der Waals surface area (Å²) in [6.45, 7) is 5.06. The van der Waals surface area contributed by atoms with E-state index in [2.05, 4.69) is 19.9 Å². The van der Waals surface area contributed by atoms with E-state index in [9.17, 15) is 4.79 Å². The van der Waals surface area contributed by atoms with E-state index in [1.54, 1.807) is 0 Å². The van der Waals surface area contributed by atoms with Crippen LogP contribution in [-0.4, -0.2) is 12.4 Å². The fourth-order valence-electron chi connectivity index (χ4n) is 2.83. The smallest absolute Gasteiger partial charge is 0.166 e. The van der Waals surface area contributed by atoms with Gasteiger partial charge in [-0.3, -0.25) is 4.79 Å². The van der Waals surface area contributed by atoms with Gasteiger partial charge < -0.3 is 4.74 Å². The Labute approximate surface area is 128 Å². The van der Waals surface area contributed by atoms with Gasteiger partial charge in [0.25, 0.3) is 0 Å². The molecule has 1 unspecified atom stereocenters. The summed E-state index contributed by atoms with van der Waals surface area (Å²) in [5.74, 6) is 1.43. The second kappa shape index (κ2) is 8.02. The largest absolute Gasteiger partial charge is 0.494 e. The number of unbranched alkanes of at least 4 members (excludes halogenated alkanes) is 1. The van der Waals surface area contributed by atoms with Crippen LogP contribution >= 0.6 is 0 Å². The monoisotopic (exact) mass is 286 g/mol. The lowest BCUT2D eigenvalue weighted by molar-refractivity contribution is -0.118. The van der Waals surface area contributed by atoms with Crippen molar-refractivity contribution in [1.82, 2.24) is 0 Å². The van der Waals surface area contributed by atoms with Crippen LogP contribution in [0.25, 0.3) is 5.57 Å². The van der Waals surface area contributed by atoms with Crippen LogP contribution in [0, 0.1) is 5.92 Å². The van der Waals surface area contributed by atoms with Gasteiger partial charge >= 0.3 is 0 Å². The molecule has 0 saturated heterocycles. The second-order valence-electron chi connectivity index (χ2n) is 5.77. The van der Waals surface area contributed by atoms with Crippen LogP contribution in [0.3, 0.4) is 0 Å². The maximum atomic E-state index is 12.5. The van der Waals surface area contributed by atoms with Crippen LogP contribution in [0.2, 0.25) is 0 Å². The molecular formula is C19H26O2. The summed E-state index contributed by atoms with van der Waals surface area (Å²) in [5, 5.41) is 0. The van der Waals surface area contributed by atoms with Crippen molar-refractivity contribution in [3.8, 4) is 5.75 Å². The molecule has 1 aromatic rings. The summed E-state index contributed by atoms with van der Waals surface area (Å²) in [5.41, 5.74) is 1.93. The molecule has 2 heteroatoms. The number of allylic oxidation sites excluding steroid dienone is 2. The van der Waals surface area contributed by atoms with Crippen molar-refractivity contribution in [2.75, 3.05) is 6.61 Å². The highest BCUT2D eigenvalue weighted by Gasteiger charge is 2.25. The van der Waals surface area contributed by atoms with E-state index in [-0.39, 0.29) is 5.92 Å². The minimum absolute atomic E-state index is 0.218. The fourth-order valence-corrected chi connectivity index (χ4v) is 2.83. The normalized spacial score (nSPS) is 18.5. The number of carbonyl (C=O) groups excluding carboxylic acids is 1. The summed E-state index contributed by atoms with van der Waals surface area (Å²) in [7, 11) is 0. The Balaban J connectivity index is 2.04. The van der Waals surface area contributed by atoms with Gasteiger partial charge in [0.15, 0.2) is 5.78 Å². The van der Waals surface area contributed by atoms with Gasteiger partial charge in [-0.05, 0) is 43.4 Å². The van der Waals surface area contributed by atoms with Crippen molar-refractivity contribution in [1.29, 1.82) is 0 Å². The highest BCUT2D eigenvalue weighted by atomic mass is 16.5. The Morgan fingerprint density at radius 3 is 2.57 bits per heavy atom. The number of ketones is 1. The van der Waals surface area contributed by atoms with E-state index in [1.807, 2.05) is 24.3 Å². The van der Waals surface area contributed by atoms with Crippen molar-refractivity contribution < 1.29 is 9.53 Å². The standard InChI is InChI=1S/C19H26O2/c1-3-5-14-21-17-12-10-15(11-13-17)18-9-6-8-16(7-4-2)19(18)20/h9-13,16H,3-8,14H2,1-2H3. The predicted octanol–water partition coefficient (Wildman–Crippen LogP) is 5.03. The molecule has 21 heavy (non-hydrogen) atoms. The summed E-state index contributed by atoms with van der Waals surface area (Å²) < 4.78 is 5.67. The maximum absolute atomic E-state index is 12.5.